The van der Waals surface area contributed by atoms with Gasteiger partial charge in [0.15, 0.2) is 0 Å². The zero-order valence-corrected chi connectivity index (χ0v) is 31.1. The Balaban J connectivity index is 1.77. The first-order chi connectivity index (χ1) is 25.3. The Hall–Kier alpha value is -4.98. The van der Waals surface area contributed by atoms with Crippen LogP contribution in [0.4, 0.5) is 0 Å². The number of fused-ring (bicyclic) bond motifs is 1. The number of benzene rings is 2. The molecule has 2 saturated heterocycles. The van der Waals surface area contributed by atoms with Crippen molar-refractivity contribution < 1.29 is 33.9 Å². The van der Waals surface area contributed by atoms with Crippen LogP contribution < -0.4 is 32.3 Å². The molecule has 0 saturated carbocycles. The van der Waals surface area contributed by atoms with E-state index in [0.29, 0.717) is 24.8 Å². The van der Waals surface area contributed by atoms with Crippen LogP contribution in [0.15, 0.2) is 54.6 Å². The smallest absolute Gasteiger partial charge is 0.246 e. The van der Waals surface area contributed by atoms with E-state index in [1.165, 1.54) is 17.0 Å². The second-order valence-electron chi connectivity index (χ2n) is 14.8. The first-order valence-electron chi connectivity index (χ1n) is 18.6. The number of carbonyl (C=O) groups excluding carboxylic acids is 6. The molecular weight excluding hydrogens is 678 g/mol. The molecule has 14 heteroatoms. The quantitative estimate of drug-likeness (QED) is 0.187. The van der Waals surface area contributed by atoms with Crippen molar-refractivity contribution in [3.8, 4) is 5.75 Å². The Morgan fingerprint density at radius 3 is 1.91 bits per heavy atom. The molecule has 2 heterocycles. The van der Waals surface area contributed by atoms with Gasteiger partial charge >= 0.3 is 0 Å². The van der Waals surface area contributed by atoms with Crippen molar-refractivity contribution in [1.29, 1.82) is 0 Å². The number of aromatic hydroxyl groups is 1. The molecule has 0 aliphatic carbocycles. The van der Waals surface area contributed by atoms with Crippen LogP contribution in [0.2, 0.25) is 0 Å². The minimum Gasteiger partial charge on any atom is -0.508 e. The molecule has 2 aliphatic heterocycles. The summed E-state index contributed by atoms with van der Waals surface area (Å²) in [6.45, 7) is 7.82. The van der Waals surface area contributed by atoms with Crippen molar-refractivity contribution in [2.75, 3.05) is 13.1 Å². The average molecular weight is 734 g/mol. The molecule has 53 heavy (non-hydrogen) atoms. The lowest BCUT2D eigenvalue weighted by Gasteiger charge is -2.32. The van der Waals surface area contributed by atoms with Crippen molar-refractivity contribution in [2.45, 2.75) is 109 Å². The van der Waals surface area contributed by atoms with Crippen LogP contribution in [-0.2, 0) is 41.6 Å². The largest absolute Gasteiger partial charge is 0.508 e. The molecule has 288 valence electrons. The van der Waals surface area contributed by atoms with Gasteiger partial charge in [-0.15, -0.1) is 0 Å². The van der Waals surface area contributed by atoms with Crippen LogP contribution in [-0.4, -0.2) is 94.8 Å². The number of rotatable bonds is 10. The van der Waals surface area contributed by atoms with Gasteiger partial charge in [0.1, 0.15) is 42.0 Å². The van der Waals surface area contributed by atoms with E-state index >= 15 is 0 Å². The molecule has 0 spiro atoms. The molecule has 0 unspecified atom stereocenters. The molecule has 14 nitrogen and oxygen atoms in total. The van der Waals surface area contributed by atoms with Crippen LogP contribution in [0, 0.1) is 11.8 Å². The predicted molar refractivity (Wildman–Crippen MR) is 199 cm³/mol. The van der Waals surface area contributed by atoms with Crippen molar-refractivity contribution in [3.63, 3.8) is 0 Å². The maximum Gasteiger partial charge on any atom is 0.246 e. The molecule has 2 aliphatic rings. The van der Waals surface area contributed by atoms with Gasteiger partial charge in [0.2, 0.25) is 35.4 Å². The van der Waals surface area contributed by atoms with Gasteiger partial charge in [0.25, 0.3) is 0 Å². The lowest BCUT2D eigenvalue weighted by molar-refractivity contribution is -0.143. The molecule has 0 radical (unpaired) electrons. The molecular formula is C39H55N7O7. The van der Waals surface area contributed by atoms with Gasteiger partial charge in [-0.1, -0.05) is 70.2 Å². The summed E-state index contributed by atoms with van der Waals surface area (Å²) < 4.78 is 0. The fourth-order valence-electron chi connectivity index (χ4n) is 6.79. The number of phenolic OH excluding ortho intramolecular Hbond substituents is 1. The first kappa shape index (κ1) is 40.8. The summed E-state index contributed by atoms with van der Waals surface area (Å²) in [6.07, 6.45) is 1.84. The molecule has 2 fully saturated rings. The van der Waals surface area contributed by atoms with E-state index < -0.39 is 77.6 Å². The maximum atomic E-state index is 14.4. The maximum absolute atomic E-state index is 14.4. The highest BCUT2D eigenvalue weighted by atomic mass is 16.3. The number of hydrogen-bond acceptors (Lipinski definition) is 8. The number of hydrogen-bond donors (Lipinski definition) is 7. The summed E-state index contributed by atoms with van der Waals surface area (Å²) >= 11 is 0. The lowest BCUT2D eigenvalue weighted by atomic mass is 9.98. The average Bonchev–Trinajstić information content (AvgIpc) is 3.62. The minimum atomic E-state index is -1.16. The Morgan fingerprint density at radius 1 is 0.698 bits per heavy atom. The van der Waals surface area contributed by atoms with E-state index in [4.69, 9.17) is 5.73 Å². The number of amides is 6. The topological polar surface area (TPSA) is 212 Å². The van der Waals surface area contributed by atoms with Gasteiger partial charge in [0.05, 0.1) is 0 Å². The summed E-state index contributed by atoms with van der Waals surface area (Å²) in [5.41, 5.74) is 7.20. The molecule has 6 amide bonds. The van der Waals surface area contributed by atoms with Gasteiger partial charge in [0, 0.05) is 19.4 Å². The van der Waals surface area contributed by atoms with Crippen LogP contribution in [0.3, 0.4) is 0 Å². The van der Waals surface area contributed by atoms with Crippen molar-refractivity contribution in [3.05, 3.63) is 65.7 Å². The highest BCUT2D eigenvalue weighted by Crippen LogP contribution is 2.21. The normalized spacial score (nSPS) is 25.2. The molecule has 2 aromatic rings. The Morgan fingerprint density at radius 2 is 1.26 bits per heavy atom. The van der Waals surface area contributed by atoms with Gasteiger partial charge < -0.3 is 42.3 Å². The van der Waals surface area contributed by atoms with Gasteiger partial charge in [-0.2, -0.15) is 0 Å². The summed E-state index contributed by atoms with van der Waals surface area (Å²) in [5, 5.41) is 24.0. The van der Waals surface area contributed by atoms with Gasteiger partial charge in [-0.3, -0.25) is 28.8 Å². The zero-order chi connectivity index (χ0) is 38.7. The van der Waals surface area contributed by atoms with E-state index in [-0.39, 0.29) is 50.4 Å². The lowest BCUT2D eigenvalue weighted by Crippen LogP contribution is -2.62. The number of phenols is 1. The SMILES string of the molecule is CC(C)C[C@@H]1NC(=O)[C@H](CCCN)NC(=O)[C@H](C(C)C)NC(=O)[C@@H](Cc2ccc(O)cc2)NC(=O)[C@@H]2CCCN2C(=O)[C@H](Cc2ccccc2)NC1=O. The zero-order valence-electron chi connectivity index (χ0n) is 31.1. The Labute approximate surface area is 311 Å². The molecule has 2 aromatic carbocycles. The summed E-state index contributed by atoms with van der Waals surface area (Å²) in [4.78, 5) is 85.6. The third-order valence-electron chi connectivity index (χ3n) is 9.66. The van der Waals surface area contributed by atoms with E-state index in [9.17, 15) is 33.9 Å². The number of nitrogens with one attached hydrogen (secondary N) is 5. The van der Waals surface area contributed by atoms with E-state index in [1.54, 1.807) is 26.0 Å². The number of nitrogens with zero attached hydrogens (tertiary/aromatic N) is 1. The third-order valence-corrected chi connectivity index (χ3v) is 9.66. The van der Waals surface area contributed by atoms with Crippen LogP contribution in [0.5, 0.6) is 5.75 Å². The van der Waals surface area contributed by atoms with Crippen LogP contribution in [0.1, 0.15) is 70.9 Å². The molecule has 8 N–H and O–H groups in total. The summed E-state index contributed by atoms with van der Waals surface area (Å²) in [5.74, 6) is -3.81. The standard InChI is InChI=1S/C39H55N7O7/c1-23(2)20-29-35(49)44-31(22-25-10-6-5-7-11-25)39(53)46-19-9-13-32(46)37(51)43-30(21-26-14-16-27(47)17-15-26)36(50)45-33(24(3)4)38(52)41-28(12-8-18-40)34(48)42-29/h5-7,10-11,14-17,23-24,28-33,47H,8-9,12-13,18-22,40H2,1-4H3,(H,41,52)(H,42,48)(H,43,51)(H,44,49)(H,45,50)/t28-,29-,30+,31-,32-,33-/m0/s1. The van der Waals surface area contributed by atoms with Crippen molar-refractivity contribution in [2.24, 2.45) is 17.6 Å². The second kappa shape index (κ2) is 19.2. The molecule has 0 aromatic heterocycles. The van der Waals surface area contributed by atoms with Crippen LogP contribution >= 0.6 is 0 Å². The monoisotopic (exact) mass is 733 g/mol. The van der Waals surface area contributed by atoms with Gasteiger partial charge in [-0.25, -0.2) is 0 Å². The van der Waals surface area contributed by atoms with Crippen molar-refractivity contribution >= 4 is 35.4 Å². The van der Waals surface area contributed by atoms with Gasteiger partial charge in [-0.05, 0) is 73.7 Å². The van der Waals surface area contributed by atoms with E-state index in [2.05, 4.69) is 26.6 Å². The first-order valence-corrected chi connectivity index (χ1v) is 18.6. The number of nitrogens with two attached hydrogens (primary N) is 1. The Kier molecular flexibility index (Phi) is 14.8. The van der Waals surface area contributed by atoms with Crippen molar-refractivity contribution in [1.82, 2.24) is 31.5 Å². The van der Waals surface area contributed by atoms with E-state index in [0.717, 1.165) is 5.56 Å². The minimum absolute atomic E-state index is 0.0222. The molecule has 6 atom stereocenters. The second-order valence-corrected chi connectivity index (χ2v) is 14.8. The number of carbonyl (C=O) groups is 6. The molecule has 0 bridgehead atoms. The summed E-state index contributed by atoms with van der Waals surface area (Å²) in [7, 11) is 0. The summed E-state index contributed by atoms with van der Waals surface area (Å²) in [6, 6.07) is 9.01. The fourth-order valence-corrected chi connectivity index (χ4v) is 6.79. The highest BCUT2D eigenvalue weighted by molar-refractivity contribution is 5.98. The Bertz CT molecular complexity index is 1580. The predicted octanol–water partition coefficient (Wildman–Crippen LogP) is 1.05. The molecule has 4 rings (SSSR count). The highest BCUT2D eigenvalue weighted by Gasteiger charge is 2.41. The fraction of sp³-hybridized carbons (Fsp3) is 0.538. The van der Waals surface area contributed by atoms with E-state index in [1.807, 2.05) is 44.2 Å². The van der Waals surface area contributed by atoms with Crippen LogP contribution in [0.25, 0.3) is 0 Å². The third kappa shape index (κ3) is 11.5.